The molecular weight excluding hydrogens is 224 g/mol. The summed E-state index contributed by atoms with van der Waals surface area (Å²) in [6.45, 7) is 8.93. The molecule has 0 spiro atoms. The third kappa shape index (κ3) is 2.60. The summed E-state index contributed by atoms with van der Waals surface area (Å²) in [5.41, 5.74) is 2.64. The molecule has 0 aromatic heterocycles. The first-order valence-corrected chi connectivity index (χ1v) is 7.01. The van der Waals surface area contributed by atoms with E-state index in [2.05, 4.69) is 45.0 Å². The van der Waals surface area contributed by atoms with Gasteiger partial charge in [-0.2, -0.15) is 0 Å². The highest BCUT2D eigenvalue weighted by Crippen LogP contribution is 2.39. The summed E-state index contributed by atoms with van der Waals surface area (Å²) >= 11 is 0. The van der Waals surface area contributed by atoms with Crippen LogP contribution in [0.5, 0.6) is 0 Å². The maximum atomic E-state index is 6.17. The van der Waals surface area contributed by atoms with Gasteiger partial charge in [0, 0.05) is 32.7 Å². The van der Waals surface area contributed by atoms with Crippen molar-refractivity contribution in [1.82, 2.24) is 0 Å². The summed E-state index contributed by atoms with van der Waals surface area (Å²) < 4.78 is 11.7. The molecule has 1 aromatic carbocycles. The normalized spacial score (nSPS) is 19.1. The Kier molecular flexibility index (Phi) is 4.41. The lowest BCUT2D eigenvalue weighted by atomic mass is 9.80. The predicted molar refractivity (Wildman–Crippen MR) is 73.9 cm³/mol. The zero-order valence-electron chi connectivity index (χ0n) is 11.7. The van der Waals surface area contributed by atoms with Crippen LogP contribution < -0.4 is 0 Å². The van der Waals surface area contributed by atoms with Crippen LogP contribution in [0.2, 0.25) is 0 Å². The Morgan fingerprint density at radius 3 is 2.50 bits per heavy atom. The minimum absolute atomic E-state index is 0.131. The van der Waals surface area contributed by atoms with Gasteiger partial charge in [0.15, 0.2) is 0 Å². The lowest BCUT2D eigenvalue weighted by Crippen LogP contribution is -2.37. The summed E-state index contributed by atoms with van der Waals surface area (Å²) in [5.74, 6) is 0.529. The third-order valence-corrected chi connectivity index (χ3v) is 3.79. The van der Waals surface area contributed by atoms with Gasteiger partial charge in [0.25, 0.3) is 0 Å². The van der Waals surface area contributed by atoms with Gasteiger partial charge in [-0.05, 0) is 24.0 Å². The summed E-state index contributed by atoms with van der Waals surface area (Å²) in [4.78, 5) is 0. The predicted octanol–water partition coefficient (Wildman–Crippen LogP) is 3.85. The fourth-order valence-corrected chi connectivity index (χ4v) is 2.88. The molecule has 2 heteroatoms. The molecular formula is C16H24O2. The average molecular weight is 248 g/mol. The van der Waals surface area contributed by atoms with E-state index in [1.54, 1.807) is 0 Å². The van der Waals surface area contributed by atoms with Gasteiger partial charge in [0.1, 0.15) is 0 Å². The van der Waals surface area contributed by atoms with Gasteiger partial charge in [0.05, 0.1) is 5.60 Å². The van der Waals surface area contributed by atoms with Crippen LogP contribution in [0, 0.1) is 0 Å². The van der Waals surface area contributed by atoms with Crippen LogP contribution in [0.15, 0.2) is 24.3 Å². The molecule has 2 nitrogen and oxygen atoms in total. The monoisotopic (exact) mass is 248 g/mol. The lowest BCUT2D eigenvalue weighted by molar-refractivity contribution is -0.113. The standard InChI is InChI=1S/C16H24O2/c1-4-18-16(9-11-17-12-10-16)15-8-6-5-7-14(15)13(2)3/h5-8,13H,4,9-12H2,1-3H3. The zero-order valence-corrected chi connectivity index (χ0v) is 11.7. The molecule has 1 fully saturated rings. The van der Waals surface area contributed by atoms with Crippen LogP contribution in [0.3, 0.4) is 0 Å². The number of ether oxygens (including phenoxy) is 2. The molecule has 1 aromatic rings. The highest BCUT2D eigenvalue weighted by atomic mass is 16.5. The van der Waals surface area contributed by atoms with E-state index in [0.717, 1.165) is 32.7 Å². The summed E-state index contributed by atoms with van der Waals surface area (Å²) in [7, 11) is 0. The van der Waals surface area contributed by atoms with Crippen molar-refractivity contribution in [3.63, 3.8) is 0 Å². The highest BCUT2D eigenvalue weighted by molar-refractivity contribution is 5.35. The Morgan fingerprint density at radius 2 is 1.89 bits per heavy atom. The minimum atomic E-state index is -0.131. The topological polar surface area (TPSA) is 18.5 Å². The molecule has 1 heterocycles. The number of benzene rings is 1. The molecule has 0 bridgehead atoms. The molecule has 0 saturated carbocycles. The molecule has 0 radical (unpaired) electrons. The van der Waals surface area contributed by atoms with E-state index >= 15 is 0 Å². The Balaban J connectivity index is 2.41. The fourth-order valence-electron chi connectivity index (χ4n) is 2.88. The smallest absolute Gasteiger partial charge is 0.0977 e. The van der Waals surface area contributed by atoms with E-state index in [1.807, 2.05) is 0 Å². The molecule has 1 saturated heterocycles. The van der Waals surface area contributed by atoms with Crippen LogP contribution in [0.1, 0.15) is 50.7 Å². The van der Waals surface area contributed by atoms with Gasteiger partial charge >= 0.3 is 0 Å². The van der Waals surface area contributed by atoms with Crippen molar-refractivity contribution < 1.29 is 9.47 Å². The van der Waals surface area contributed by atoms with Gasteiger partial charge in [-0.25, -0.2) is 0 Å². The summed E-state index contributed by atoms with van der Waals surface area (Å²) in [6, 6.07) is 8.71. The Hall–Kier alpha value is -0.860. The molecule has 100 valence electrons. The molecule has 18 heavy (non-hydrogen) atoms. The first-order chi connectivity index (χ1) is 8.69. The van der Waals surface area contributed by atoms with E-state index in [1.165, 1.54) is 11.1 Å². The maximum Gasteiger partial charge on any atom is 0.0977 e. The Bertz CT molecular complexity index is 373. The third-order valence-electron chi connectivity index (χ3n) is 3.79. The van der Waals surface area contributed by atoms with Crippen molar-refractivity contribution in [2.75, 3.05) is 19.8 Å². The van der Waals surface area contributed by atoms with E-state index in [0.29, 0.717) is 5.92 Å². The van der Waals surface area contributed by atoms with Crippen LogP contribution in [-0.4, -0.2) is 19.8 Å². The lowest BCUT2D eigenvalue weighted by Gasteiger charge is -2.39. The Labute approximate surface area is 110 Å². The molecule has 0 amide bonds. The maximum absolute atomic E-state index is 6.17. The van der Waals surface area contributed by atoms with Crippen molar-refractivity contribution in [3.05, 3.63) is 35.4 Å². The molecule has 0 aliphatic carbocycles. The minimum Gasteiger partial charge on any atom is -0.381 e. The van der Waals surface area contributed by atoms with Crippen LogP contribution in [0.25, 0.3) is 0 Å². The van der Waals surface area contributed by atoms with Gasteiger partial charge in [-0.1, -0.05) is 38.1 Å². The van der Waals surface area contributed by atoms with Crippen LogP contribution >= 0.6 is 0 Å². The molecule has 0 N–H and O–H groups in total. The van der Waals surface area contributed by atoms with Crippen molar-refractivity contribution >= 4 is 0 Å². The van der Waals surface area contributed by atoms with Crippen molar-refractivity contribution in [3.8, 4) is 0 Å². The number of rotatable bonds is 4. The first kappa shape index (κ1) is 13.6. The Morgan fingerprint density at radius 1 is 1.22 bits per heavy atom. The van der Waals surface area contributed by atoms with Crippen molar-refractivity contribution in [2.45, 2.75) is 45.1 Å². The average Bonchev–Trinajstić information content (AvgIpc) is 2.40. The van der Waals surface area contributed by atoms with Crippen molar-refractivity contribution in [2.24, 2.45) is 0 Å². The van der Waals surface area contributed by atoms with Gasteiger partial charge in [0.2, 0.25) is 0 Å². The number of hydrogen-bond donors (Lipinski definition) is 0. The van der Waals surface area contributed by atoms with Gasteiger partial charge in [-0.3, -0.25) is 0 Å². The van der Waals surface area contributed by atoms with Crippen LogP contribution in [0.4, 0.5) is 0 Å². The zero-order chi connectivity index (χ0) is 13.0. The largest absolute Gasteiger partial charge is 0.381 e. The fraction of sp³-hybridized carbons (Fsp3) is 0.625. The second kappa shape index (κ2) is 5.85. The van der Waals surface area contributed by atoms with Crippen LogP contribution in [-0.2, 0) is 15.1 Å². The van der Waals surface area contributed by atoms with Gasteiger partial charge < -0.3 is 9.47 Å². The molecule has 1 aliphatic rings. The van der Waals surface area contributed by atoms with E-state index in [4.69, 9.17) is 9.47 Å². The molecule has 2 rings (SSSR count). The second-order valence-electron chi connectivity index (χ2n) is 5.28. The number of hydrogen-bond acceptors (Lipinski definition) is 2. The summed E-state index contributed by atoms with van der Waals surface area (Å²) in [6.07, 6.45) is 1.93. The van der Waals surface area contributed by atoms with E-state index < -0.39 is 0 Å². The molecule has 1 aliphatic heterocycles. The van der Waals surface area contributed by atoms with Crippen molar-refractivity contribution in [1.29, 1.82) is 0 Å². The van der Waals surface area contributed by atoms with E-state index in [9.17, 15) is 0 Å². The summed E-state index contributed by atoms with van der Waals surface area (Å²) in [5, 5.41) is 0. The highest BCUT2D eigenvalue weighted by Gasteiger charge is 2.36. The molecule has 0 unspecified atom stereocenters. The quantitative estimate of drug-likeness (QED) is 0.805. The second-order valence-corrected chi connectivity index (χ2v) is 5.28. The van der Waals surface area contributed by atoms with E-state index in [-0.39, 0.29) is 5.60 Å². The first-order valence-electron chi connectivity index (χ1n) is 7.01. The van der Waals surface area contributed by atoms with Gasteiger partial charge in [-0.15, -0.1) is 0 Å². The SMILES string of the molecule is CCOC1(c2ccccc2C(C)C)CCOCC1. The molecule has 0 atom stereocenters.